The zero-order valence-electron chi connectivity index (χ0n) is 17.1. The molecular weight excluding hydrogens is 374 g/mol. The molecule has 4 aliphatic rings. The summed E-state index contributed by atoms with van der Waals surface area (Å²) in [5.41, 5.74) is 8.24. The van der Waals surface area contributed by atoms with E-state index in [2.05, 4.69) is 11.4 Å². The number of aliphatic hydroxyl groups excluding tert-OH is 1. The lowest BCUT2D eigenvalue weighted by atomic mass is 9.80. The van der Waals surface area contributed by atoms with Gasteiger partial charge in [0.1, 0.15) is 12.0 Å². The normalized spacial score (nSPS) is 33.5. The van der Waals surface area contributed by atoms with Crippen molar-refractivity contribution in [3.05, 3.63) is 35.2 Å². The minimum absolute atomic E-state index is 0.000953. The summed E-state index contributed by atoms with van der Waals surface area (Å²) in [6, 6.07) is -0.539. The van der Waals surface area contributed by atoms with Crippen molar-refractivity contribution in [2.24, 2.45) is 11.7 Å². The molecule has 1 heterocycles. The molecule has 0 radical (unpaired) electrons. The molecule has 0 aromatic heterocycles. The molecule has 0 bridgehead atoms. The van der Waals surface area contributed by atoms with E-state index in [1.165, 1.54) is 30.9 Å². The summed E-state index contributed by atoms with van der Waals surface area (Å²) < 4.78 is 32.8. The fourth-order valence-electron chi connectivity index (χ4n) is 5.17. The van der Waals surface area contributed by atoms with Gasteiger partial charge in [0.05, 0.1) is 12.2 Å². The van der Waals surface area contributed by atoms with E-state index in [0.717, 1.165) is 38.4 Å². The summed E-state index contributed by atoms with van der Waals surface area (Å²) in [4.78, 5) is 0. The monoisotopic (exact) mass is 408 g/mol. The van der Waals surface area contributed by atoms with Crippen molar-refractivity contribution < 1.29 is 18.6 Å². The van der Waals surface area contributed by atoms with Crippen LogP contribution in [0, 0.1) is 5.92 Å². The van der Waals surface area contributed by atoms with Gasteiger partial charge in [-0.1, -0.05) is 17.2 Å². The highest BCUT2D eigenvalue weighted by molar-refractivity contribution is 5.31. The number of ether oxygens (including phenoxy) is 1. The van der Waals surface area contributed by atoms with Gasteiger partial charge in [-0.05, 0) is 69.4 Å². The summed E-state index contributed by atoms with van der Waals surface area (Å²) in [5, 5.41) is 14.1. The largest absolute Gasteiger partial charge is 0.390 e. The van der Waals surface area contributed by atoms with Gasteiger partial charge in [-0.2, -0.15) is 0 Å². The number of nitrogens with two attached hydrogens (primary N) is 1. The zero-order valence-corrected chi connectivity index (χ0v) is 17.1. The molecule has 5 unspecified atom stereocenters. The maximum Gasteiger partial charge on any atom is 0.125 e. The van der Waals surface area contributed by atoms with Gasteiger partial charge in [0.2, 0.25) is 0 Å². The van der Waals surface area contributed by atoms with E-state index < -0.39 is 24.1 Å². The number of halogens is 2. The van der Waals surface area contributed by atoms with Crippen molar-refractivity contribution in [3.63, 3.8) is 0 Å². The van der Waals surface area contributed by atoms with Crippen LogP contribution in [0.4, 0.5) is 8.78 Å². The van der Waals surface area contributed by atoms with Crippen molar-refractivity contribution in [2.75, 3.05) is 13.2 Å². The molecule has 0 aromatic carbocycles. The second kappa shape index (κ2) is 8.96. The van der Waals surface area contributed by atoms with E-state index in [9.17, 15) is 13.9 Å². The van der Waals surface area contributed by atoms with E-state index in [0.29, 0.717) is 30.6 Å². The van der Waals surface area contributed by atoms with Crippen LogP contribution in [-0.2, 0) is 4.74 Å². The molecule has 4 rings (SSSR count). The van der Waals surface area contributed by atoms with Crippen LogP contribution in [0.1, 0.15) is 57.8 Å². The fraction of sp³-hybridized carbons (Fsp3) is 0.739. The van der Waals surface area contributed by atoms with Gasteiger partial charge in [0.15, 0.2) is 0 Å². The number of hydrogen-bond donors (Lipinski definition) is 3. The topological polar surface area (TPSA) is 67.5 Å². The molecule has 0 amide bonds. The van der Waals surface area contributed by atoms with Crippen molar-refractivity contribution in [1.82, 2.24) is 5.32 Å². The molecule has 4 N–H and O–H groups in total. The average Bonchev–Trinajstić information content (AvgIpc) is 3.28. The first-order chi connectivity index (χ1) is 13.9. The number of rotatable bonds is 8. The third-order valence-electron chi connectivity index (χ3n) is 7.05. The van der Waals surface area contributed by atoms with Crippen molar-refractivity contribution in [2.45, 2.75) is 87.7 Å². The third kappa shape index (κ3) is 5.16. The predicted octanol–water partition coefficient (Wildman–Crippen LogP) is 3.61. The number of hydrogen-bond acceptors (Lipinski definition) is 4. The van der Waals surface area contributed by atoms with Crippen molar-refractivity contribution >= 4 is 0 Å². The van der Waals surface area contributed by atoms with Gasteiger partial charge in [-0.15, -0.1) is 0 Å². The number of β-amino-alcohol motifs (C(OH)–C–C–N with tert-alkyl or cyclic N) is 1. The molecule has 0 aromatic rings. The van der Waals surface area contributed by atoms with Crippen LogP contribution in [0.25, 0.3) is 0 Å². The van der Waals surface area contributed by atoms with Gasteiger partial charge < -0.3 is 20.9 Å². The first-order valence-corrected chi connectivity index (χ1v) is 11.2. The fourth-order valence-corrected chi connectivity index (χ4v) is 5.17. The zero-order chi connectivity index (χ0) is 20.4. The lowest BCUT2D eigenvalue weighted by molar-refractivity contribution is 0.0568. The second-order valence-electron chi connectivity index (χ2n) is 9.29. The third-order valence-corrected chi connectivity index (χ3v) is 7.05. The van der Waals surface area contributed by atoms with E-state index >= 15 is 0 Å². The molecular formula is C23H34F2N2O2. The number of nitrogens with one attached hydrogen (secondary N) is 1. The van der Waals surface area contributed by atoms with Gasteiger partial charge in [-0.3, -0.25) is 0 Å². The molecule has 1 saturated heterocycles. The lowest BCUT2D eigenvalue weighted by Crippen LogP contribution is -2.47. The van der Waals surface area contributed by atoms with E-state index in [4.69, 9.17) is 10.5 Å². The molecule has 3 aliphatic carbocycles. The first-order valence-electron chi connectivity index (χ1n) is 11.2. The molecule has 2 fully saturated rings. The highest BCUT2D eigenvalue weighted by atomic mass is 19.1. The van der Waals surface area contributed by atoms with Crippen LogP contribution in [0.2, 0.25) is 0 Å². The SMILES string of the molecule is NC(CC1=CC(F)=CC(F)C1)C(O)CNC1(C2=CCCC(C3CCCO3)C2)CC1. The molecule has 1 aliphatic heterocycles. The van der Waals surface area contributed by atoms with Gasteiger partial charge in [-0.25, -0.2) is 8.78 Å². The smallest absolute Gasteiger partial charge is 0.125 e. The molecule has 6 heteroatoms. The maximum atomic E-state index is 13.5. The molecule has 162 valence electrons. The van der Waals surface area contributed by atoms with Crippen LogP contribution < -0.4 is 11.1 Å². The van der Waals surface area contributed by atoms with Crippen LogP contribution in [0.15, 0.2) is 35.2 Å². The average molecular weight is 409 g/mol. The molecule has 1 saturated carbocycles. The summed E-state index contributed by atoms with van der Waals surface area (Å²) in [5.74, 6) is 0.0549. The van der Waals surface area contributed by atoms with Gasteiger partial charge in [0, 0.05) is 31.2 Å². The Morgan fingerprint density at radius 1 is 1.31 bits per heavy atom. The Balaban J connectivity index is 1.28. The summed E-state index contributed by atoms with van der Waals surface area (Å²) in [6.45, 7) is 1.29. The van der Waals surface area contributed by atoms with Crippen LogP contribution in [-0.4, -0.2) is 48.2 Å². The standard InChI is InChI=1S/C23H34F2N2O2/c24-18-9-15(10-19(25)13-18)11-20(26)21(28)14-27-23(6-7-23)17-4-1-3-16(12-17)22-5-2-8-29-22/h4,9,13,16,19-22,27-28H,1-3,5-8,10-12,14,26H2. The van der Waals surface area contributed by atoms with Gasteiger partial charge in [0.25, 0.3) is 0 Å². The van der Waals surface area contributed by atoms with Crippen LogP contribution >= 0.6 is 0 Å². The summed E-state index contributed by atoms with van der Waals surface area (Å²) in [6.07, 6.45) is 11.4. The minimum atomic E-state index is -1.30. The first kappa shape index (κ1) is 21.2. The Kier molecular flexibility index (Phi) is 6.54. The maximum absolute atomic E-state index is 13.5. The minimum Gasteiger partial charge on any atom is -0.390 e. The molecule has 4 nitrogen and oxygen atoms in total. The second-order valence-corrected chi connectivity index (χ2v) is 9.29. The summed E-state index contributed by atoms with van der Waals surface area (Å²) in [7, 11) is 0. The molecule has 5 atom stereocenters. The Hall–Kier alpha value is -1.08. The lowest BCUT2D eigenvalue weighted by Gasteiger charge is -2.32. The Bertz CT molecular complexity index is 680. The van der Waals surface area contributed by atoms with Crippen molar-refractivity contribution in [1.29, 1.82) is 0 Å². The number of allylic oxidation sites excluding steroid dienone is 4. The Morgan fingerprint density at radius 3 is 2.83 bits per heavy atom. The van der Waals surface area contributed by atoms with E-state index in [1.807, 2.05) is 0 Å². The van der Waals surface area contributed by atoms with E-state index in [1.54, 1.807) is 0 Å². The quantitative estimate of drug-likeness (QED) is 0.537. The highest BCUT2D eigenvalue weighted by Crippen LogP contribution is 2.48. The van der Waals surface area contributed by atoms with Crippen LogP contribution in [0.5, 0.6) is 0 Å². The molecule has 29 heavy (non-hydrogen) atoms. The predicted molar refractivity (Wildman–Crippen MR) is 110 cm³/mol. The molecule has 0 spiro atoms. The number of aliphatic hydroxyl groups is 1. The Labute approximate surface area is 172 Å². The summed E-state index contributed by atoms with van der Waals surface area (Å²) >= 11 is 0. The van der Waals surface area contributed by atoms with E-state index in [-0.39, 0.29) is 12.0 Å². The Morgan fingerprint density at radius 2 is 2.14 bits per heavy atom. The van der Waals surface area contributed by atoms with Gasteiger partial charge >= 0.3 is 0 Å². The van der Waals surface area contributed by atoms with Crippen LogP contribution in [0.3, 0.4) is 0 Å². The highest BCUT2D eigenvalue weighted by Gasteiger charge is 2.47. The van der Waals surface area contributed by atoms with Crippen molar-refractivity contribution in [3.8, 4) is 0 Å². The number of alkyl halides is 1.